The standard InChI is InChI=1S/C16H14FN3O3S/c17-12-4-1-2-6-15(12)24(22)18-9-10-20-16(21)8-7-13(19-20)14-5-3-11-23-14/h1-8,11,18H,9-10H2. The summed E-state index contributed by atoms with van der Waals surface area (Å²) in [6.45, 7) is 0.378. The van der Waals surface area contributed by atoms with Gasteiger partial charge in [0.25, 0.3) is 5.56 Å². The highest BCUT2D eigenvalue weighted by Gasteiger charge is 2.09. The summed E-state index contributed by atoms with van der Waals surface area (Å²) in [6.07, 6.45) is 1.52. The Kier molecular flexibility index (Phi) is 4.97. The van der Waals surface area contributed by atoms with Gasteiger partial charge in [-0.15, -0.1) is 0 Å². The molecule has 0 spiro atoms. The molecule has 8 heteroatoms. The molecule has 1 N–H and O–H groups in total. The number of hydrogen-bond donors (Lipinski definition) is 1. The van der Waals surface area contributed by atoms with Gasteiger partial charge in [-0.25, -0.2) is 18.0 Å². The molecule has 0 aliphatic carbocycles. The second-order valence-corrected chi connectivity index (χ2v) is 6.12. The number of aromatic nitrogens is 2. The van der Waals surface area contributed by atoms with E-state index in [-0.39, 0.29) is 23.5 Å². The maximum absolute atomic E-state index is 13.6. The van der Waals surface area contributed by atoms with Gasteiger partial charge in [0.15, 0.2) is 5.76 Å². The fraction of sp³-hybridized carbons (Fsp3) is 0.125. The summed E-state index contributed by atoms with van der Waals surface area (Å²) in [5.41, 5.74) is 0.235. The van der Waals surface area contributed by atoms with Crippen LogP contribution in [0.3, 0.4) is 0 Å². The van der Waals surface area contributed by atoms with Gasteiger partial charge >= 0.3 is 0 Å². The Morgan fingerprint density at radius 1 is 1.17 bits per heavy atom. The summed E-state index contributed by atoms with van der Waals surface area (Å²) < 4.78 is 34.7. The minimum atomic E-state index is -1.70. The highest BCUT2D eigenvalue weighted by Crippen LogP contribution is 2.15. The molecule has 124 valence electrons. The van der Waals surface area contributed by atoms with Gasteiger partial charge in [0.1, 0.15) is 22.5 Å². The normalized spacial score (nSPS) is 12.2. The number of hydrogen-bond acceptors (Lipinski definition) is 4. The molecule has 0 saturated heterocycles. The van der Waals surface area contributed by atoms with Crippen LogP contribution in [0.5, 0.6) is 0 Å². The first kappa shape index (κ1) is 16.3. The van der Waals surface area contributed by atoms with Gasteiger partial charge in [-0.3, -0.25) is 4.79 Å². The lowest BCUT2D eigenvalue weighted by Gasteiger charge is -2.08. The SMILES string of the molecule is O=c1ccc(-c2ccco2)nn1CCNS(=O)c1ccccc1F. The third kappa shape index (κ3) is 3.66. The maximum atomic E-state index is 13.6. The first-order valence-corrected chi connectivity index (χ1v) is 8.32. The molecule has 0 radical (unpaired) electrons. The van der Waals surface area contributed by atoms with Gasteiger partial charge in [0.05, 0.1) is 17.7 Å². The maximum Gasteiger partial charge on any atom is 0.266 e. The fourth-order valence-corrected chi connectivity index (χ4v) is 2.96. The minimum Gasteiger partial charge on any atom is -0.463 e. The van der Waals surface area contributed by atoms with Gasteiger partial charge in [0.2, 0.25) is 0 Å². The molecular formula is C16H14FN3O3S. The summed E-state index contributed by atoms with van der Waals surface area (Å²) in [7, 11) is -1.70. The molecule has 0 aliphatic heterocycles. The van der Waals surface area contributed by atoms with Crippen molar-refractivity contribution in [1.29, 1.82) is 0 Å². The van der Waals surface area contributed by atoms with Crippen LogP contribution >= 0.6 is 0 Å². The summed E-state index contributed by atoms with van der Waals surface area (Å²) >= 11 is 0. The average Bonchev–Trinajstić information content (AvgIpc) is 3.11. The van der Waals surface area contributed by atoms with E-state index in [0.29, 0.717) is 11.5 Å². The number of halogens is 1. The zero-order valence-corrected chi connectivity index (χ0v) is 13.3. The van der Waals surface area contributed by atoms with Crippen LogP contribution in [-0.4, -0.2) is 20.5 Å². The van der Waals surface area contributed by atoms with Crippen LogP contribution in [0, 0.1) is 5.82 Å². The average molecular weight is 347 g/mol. The summed E-state index contributed by atoms with van der Waals surface area (Å²) in [6, 6.07) is 12.3. The second kappa shape index (κ2) is 7.33. The van der Waals surface area contributed by atoms with E-state index < -0.39 is 16.8 Å². The van der Waals surface area contributed by atoms with Crippen molar-refractivity contribution in [2.75, 3.05) is 6.54 Å². The number of furan rings is 1. The van der Waals surface area contributed by atoms with E-state index in [1.807, 2.05) is 0 Å². The zero-order valence-electron chi connectivity index (χ0n) is 12.5. The van der Waals surface area contributed by atoms with E-state index >= 15 is 0 Å². The topological polar surface area (TPSA) is 77.1 Å². The van der Waals surface area contributed by atoms with E-state index in [2.05, 4.69) is 9.82 Å². The highest BCUT2D eigenvalue weighted by molar-refractivity contribution is 7.83. The minimum absolute atomic E-state index is 0.0714. The molecule has 24 heavy (non-hydrogen) atoms. The molecule has 1 atom stereocenters. The lowest BCUT2D eigenvalue weighted by Crippen LogP contribution is -2.29. The van der Waals surface area contributed by atoms with Crippen LogP contribution in [0.25, 0.3) is 11.5 Å². The molecule has 2 heterocycles. The van der Waals surface area contributed by atoms with Crippen molar-refractivity contribution in [3.8, 4) is 11.5 Å². The predicted octanol–water partition coefficient (Wildman–Crippen LogP) is 1.95. The van der Waals surface area contributed by atoms with Gasteiger partial charge < -0.3 is 4.42 Å². The quantitative estimate of drug-likeness (QED) is 0.739. The predicted molar refractivity (Wildman–Crippen MR) is 87.0 cm³/mol. The van der Waals surface area contributed by atoms with E-state index in [1.54, 1.807) is 24.3 Å². The summed E-state index contributed by atoms with van der Waals surface area (Å²) in [5, 5.41) is 4.20. The Hall–Kier alpha value is -2.58. The van der Waals surface area contributed by atoms with Crippen molar-refractivity contribution in [3.05, 3.63) is 71.0 Å². The number of benzene rings is 1. The van der Waals surface area contributed by atoms with Gasteiger partial charge in [-0.05, 0) is 30.3 Å². The number of rotatable bonds is 6. The van der Waals surface area contributed by atoms with Crippen LogP contribution in [-0.2, 0) is 17.5 Å². The lowest BCUT2D eigenvalue weighted by molar-refractivity contribution is 0.550. The molecule has 0 amide bonds. The van der Waals surface area contributed by atoms with E-state index in [1.165, 1.54) is 35.2 Å². The van der Waals surface area contributed by atoms with Crippen molar-refractivity contribution >= 4 is 11.0 Å². The summed E-state index contributed by atoms with van der Waals surface area (Å²) in [5.74, 6) is 0.00471. The van der Waals surface area contributed by atoms with Crippen LogP contribution in [0.15, 0.2) is 68.9 Å². The fourth-order valence-electron chi connectivity index (χ4n) is 2.08. The van der Waals surface area contributed by atoms with Crippen LogP contribution in [0.1, 0.15) is 0 Å². The molecular weight excluding hydrogens is 333 g/mol. The summed E-state index contributed by atoms with van der Waals surface area (Å²) in [4.78, 5) is 11.9. The molecule has 1 aromatic carbocycles. The van der Waals surface area contributed by atoms with E-state index in [0.717, 1.165) is 0 Å². The van der Waals surface area contributed by atoms with E-state index in [4.69, 9.17) is 4.42 Å². The molecule has 1 unspecified atom stereocenters. The molecule has 0 fully saturated rings. The van der Waals surface area contributed by atoms with Crippen molar-refractivity contribution in [2.24, 2.45) is 0 Å². The Balaban J connectivity index is 1.67. The third-order valence-corrected chi connectivity index (χ3v) is 4.43. The molecule has 0 bridgehead atoms. The molecule has 6 nitrogen and oxygen atoms in total. The van der Waals surface area contributed by atoms with Crippen molar-refractivity contribution < 1.29 is 13.0 Å². The van der Waals surface area contributed by atoms with Gasteiger partial charge in [-0.2, -0.15) is 5.10 Å². The Morgan fingerprint density at radius 2 is 2.00 bits per heavy atom. The monoisotopic (exact) mass is 347 g/mol. The third-order valence-electron chi connectivity index (χ3n) is 3.23. The smallest absolute Gasteiger partial charge is 0.266 e. The number of nitrogens with one attached hydrogen (secondary N) is 1. The van der Waals surface area contributed by atoms with Crippen molar-refractivity contribution in [3.63, 3.8) is 0 Å². The Labute approximate surface area is 139 Å². The largest absolute Gasteiger partial charge is 0.463 e. The molecule has 3 rings (SSSR count). The van der Waals surface area contributed by atoms with Crippen molar-refractivity contribution in [1.82, 2.24) is 14.5 Å². The first-order valence-electron chi connectivity index (χ1n) is 7.17. The van der Waals surface area contributed by atoms with Crippen molar-refractivity contribution in [2.45, 2.75) is 11.4 Å². The highest BCUT2D eigenvalue weighted by atomic mass is 32.2. The van der Waals surface area contributed by atoms with Crippen LogP contribution in [0.2, 0.25) is 0 Å². The number of nitrogens with zero attached hydrogens (tertiary/aromatic N) is 2. The Morgan fingerprint density at radius 3 is 2.75 bits per heavy atom. The van der Waals surface area contributed by atoms with Crippen LogP contribution < -0.4 is 10.3 Å². The lowest BCUT2D eigenvalue weighted by atomic mass is 10.3. The van der Waals surface area contributed by atoms with Gasteiger partial charge in [0, 0.05) is 12.6 Å². The molecule has 3 aromatic rings. The Bertz CT molecular complexity index is 909. The first-order chi connectivity index (χ1) is 11.6. The molecule has 0 saturated carbocycles. The second-order valence-electron chi connectivity index (χ2n) is 4.85. The van der Waals surface area contributed by atoms with E-state index in [9.17, 15) is 13.4 Å². The van der Waals surface area contributed by atoms with Gasteiger partial charge in [-0.1, -0.05) is 12.1 Å². The zero-order chi connectivity index (χ0) is 16.9. The van der Waals surface area contributed by atoms with Crippen LogP contribution in [0.4, 0.5) is 4.39 Å². The molecule has 0 aliphatic rings. The molecule has 2 aromatic heterocycles.